The molecule has 0 aromatic heterocycles. The van der Waals surface area contributed by atoms with Crippen molar-refractivity contribution >= 4 is 0 Å². The van der Waals surface area contributed by atoms with Crippen LogP contribution in [0.1, 0.15) is 42.4 Å². The standard InChI is InChI=1S/C15H23N/c1-12-6-7-14(11-13(12)2)5-3-4-10-16-15-8-9-15/h6-7,11,15-16H,3-5,8-10H2,1-2H3. The number of unbranched alkanes of at least 4 members (excludes halogenated alkanes) is 1. The van der Waals surface area contributed by atoms with Gasteiger partial charge in [0.25, 0.3) is 0 Å². The zero-order valence-corrected chi connectivity index (χ0v) is 10.6. The molecule has 0 heterocycles. The molecule has 0 aliphatic heterocycles. The molecule has 0 atom stereocenters. The van der Waals surface area contributed by atoms with Crippen molar-refractivity contribution in [3.8, 4) is 0 Å². The van der Waals surface area contributed by atoms with Gasteiger partial charge in [0.05, 0.1) is 0 Å². The molecule has 88 valence electrons. The van der Waals surface area contributed by atoms with Gasteiger partial charge in [0, 0.05) is 6.04 Å². The molecule has 0 saturated heterocycles. The van der Waals surface area contributed by atoms with Crippen molar-refractivity contribution in [1.82, 2.24) is 5.32 Å². The van der Waals surface area contributed by atoms with Crippen LogP contribution in [-0.2, 0) is 6.42 Å². The highest BCUT2D eigenvalue weighted by molar-refractivity contribution is 5.29. The van der Waals surface area contributed by atoms with Crippen LogP contribution in [-0.4, -0.2) is 12.6 Å². The minimum Gasteiger partial charge on any atom is -0.314 e. The van der Waals surface area contributed by atoms with Gasteiger partial charge < -0.3 is 5.32 Å². The monoisotopic (exact) mass is 217 g/mol. The van der Waals surface area contributed by atoms with Crippen molar-refractivity contribution in [2.24, 2.45) is 0 Å². The first-order valence-electron chi connectivity index (χ1n) is 6.55. The van der Waals surface area contributed by atoms with Crippen LogP contribution in [0.3, 0.4) is 0 Å². The van der Waals surface area contributed by atoms with Gasteiger partial charge in [0.15, 0.2) is 0 Å². The Bertz CT molecular complexity index is 339. The molecule has 0 amide bonds. The second-order valence-corrected chi connectivity index (χ2v) is 5.10. The quantitative estimate of drug-likeness (QED) is 0.720. The summed E-state index contributed by atoms with van der Waals surface area (Å²) in [7, 11) is 0. The van der Waals surface area contributed by atoms with Crippen molar-refractivity contribution in [3.05, 3.63) is 34.9 Å². The van der Waals surface area contributed by atoms with E-state index in [0.717, 1.165) is 6.04 Å². The van der Waals surface area contributed by atoms with Gasteiger partial charge in [0.1, 0.15) is 0 Å². The van der Waals surface area contributed by atoms with Gasteiger partial charge in [-0.2, -0.15) is 0 Å². The van der Waals surface area contributed by atoms with Crippen molar-refractivity contribution in [2.75, 3.05) is 6.54 Å². The molecular formula is C15H23N. The van der Waals surface area contributed by atoms with E-state index in [9.17, 15) is 0 Å². The van der Waals surface area contributed by atoms with E-state index >= 15 is 0 Å². The minimum atomic E-state index is 0.863. The first-order chi connectivity index (χ1) is 7.75. The molecule has 1 aliphatic rings. The summed E-state index contributed by atoms with van der Waals surface area (Å²) >= 11 is 0. The van der Waals surface area contributed by atoms with E-state index in [2.05, 4.69) is 37.4 Å². The van der Waals surface area contributed by atoms with E-state index in [-0.39, 0.29) is 0 Å². The highest BCUT2D eigenvalue weighted by Crippen LogP contribution is 2.18. The molecule has 1 heteroatoms. The maximum atomic E-state index is 3.56. The molecule has 2 rings (SSSR count). The Hall–Kier alpha value is -0.820. The van der Waals surface area contributed by atoms with Crippen molar-refractivity contribution < 1.29 is 0 Å². The summed E-state index contributed by atoms with van der Waals surface area (Å²) in [4.78, 5) is 0. The molecular weight excluding hydrogens is 194 g/mol. The van der Waals surface area contributed by atoms with E-state index in [1.165, 1.54) is 55.3 Å². The van der Waals surface area contributed by atoms with E-state index in [1.54, 1.807) is 0 Å². The molecule has 1 aliphatic carbocycles. The SMILES string of the molecule is Cc1ccc(CCCCNC2CC2)cc1C. The summed E-state index contributed by atoms with van der Waals surface area (Å²) < 4.78 is 0. The van der Waals surface area contributed by atoms with E-state index in [4.69, 9.17) is 0 Å². The van der Waals surface area contributed by atoms with Crippen LogP contribution >= 0.6 is 0 Å². The number of hydrogen-bond donors (Lipinski definition) is 1. The lowest BCUT2D eigenvalue weighted by molar-refractivity contribution is 0.620. The van der Waals surface area contributed by atoms with Crippen LogP contribution in [0.2, 0.25) is 0 Å². The second-order valence-electron chi connectivity index (χ2n) is 5.10. The Morgan fingerprint density at radius 3 is 2.62 bits per heavy atom. The van der Waals surface area contributed by atoms with Gasteiger partial charge in [-0.3, -0.25) is 0 Å². The van der Waals surface area contributed by atoms with Crippen LogP contribution in [0.4, 0.5) is 0 Å². The number of hydrogen-bond acceptors (Lipinski definition) is 1. The van der Waals surface area contributed by atoms with Crippen LogP contribution in [0.5, 0.6) is 0 Å². The molecule has 1 aromatic rings. The van der Waals surface area contributed by atoms with Gasteiger partial charge in [-0.05, 0) is 69.2 Å². The Labute approximate surface area is 99.3 Å². The smallest absolute Gasteiger partial charge is 0.00682 e. The normalized spacial score (nSPS) is 15.4. The average molecular weight is 217 g/mol. The van der Waals surface area contributed by atoms with Crippen molar-refractivity contribution in [2.45, 2.75) is 52.0 Å². The summed E-state index contributed by atoms with van der Waals surface area (Å²) in [5.41, 5.74) is 4.32. The summed E-state index contributed by atoms with van der Waals surface area (Å²) in [6, 6.07) is 7.72. The van der Waals surface area contributed by atoms with Crippen LogP contribution in [0, 0.1) is 13.8 Å². The molecule has 1 saturated carbocycles. The van der Waals surface area contributed by atoms with Crippen LogP contribution in [0.15, 0.2) is 18.2 Å². The third-order valence-electron chi connectivity index (χ3n) is 3.47. The fraction of sp³-hybridized carbons (Fsp3) is 0.600. The average Bonchev–Trinajstić information content (AvgIpc) is 3.07. The van der Waals surface area contributed by atoms with Crippen LogP contribution in [0.25, 0.3) is 0 Å². The molecule has 0 spiro atoms. The van der Waals surface area contributed by atoms with E-state index < -0.39 is 0 Å². The third-order valence-corrected chi connectivity index (χ3v) is 3.47. The fourth-order valence-corrected chi connectivity index (χ4v) is 2.01. The minimum absolute atomic E-state index is 0.863. The molecule has 0 bridgehead atoms. The maximum absolute atomic E-state index is 3.56. The topological polar surface area (TPSA) is 12.0 Å². The molecule has 1 fully saturated rings. The summed E-state index contributed by atoms with van der Waals surface area (Å²) in [5, 5.41) is 3.56. The maximum Gasteiger partial charge on any atom is 0.00682 e. The Morgan fingerprint density at radius 1 is 1.12 bits per heavy atom. The van der Waals surface area contributed by atoms with Crippen molar-refractivity contribution in [3.63, 3.8) is 0 Å². The summed E-state index contributed by atoms with van der Waals surface area (Å²) in [5.74, 6) is 0. The third kappa shape index (κ3) is 3.64. The van der Waals surface area contributed by atoms with Gasteiger partial charge in [-0.1, -0.05) is 18.2 Å². The molecule has 1 aromatic carbocycles. The summed E-state index contributed by atoms with van der Waals surface area (Å²) in [6.45, 7) is 5.58. The lowest BCUT2D eigenvalue weighted by Gasteiger charge is -2.06. The predicted molar refractivity (Wildman–Crippen MR) is 69.9 cm³/mol. The molecule has 16 heavy (non-hydrogen) atoms. The Morgan fingerprint density at radius 2 is 1.94 bits per heavy atom. The van der Waals surface area contributed by atoms with Crippen LogP contribution < -0.4 is 5.32 Å². The zero-order valence-electron chi connectivity index (χ0n) is 10.6. The number of benzene rings is 1. The van der Waals surface area contributed by atoms with Gasteiger partial charge in [0.2, 0.25) is 0 Å². The first kappa shape index (κ1) is 11.7. The van der Waals surface area contributed by atoms with Gasteiger partial charge >= 0.3 is 0 Å². The molecule has 0 radical (unpaired) electrons. The molecule has 1 N–H and O–H groups in total. The molecule has 1 nitrogen and oxygen atoms in total. The highest BCUT2D eigenvalue weighted by Gasteiger charge is 2.19. The predicted octanol–water partition coefficient (Wildman–Crippen LogP) is 3.38. The second kappa shape index (κ2) is 5.49. The first-order valence-corrected chi connectivity index (χ1v) is 6.55. The van der Waals surface area contributed by atoms with Crippen molar-refractivity contribution in [1.29, 1.82) is 0 Å². The molecule has 0 unspecified atom stereocenters. The van der Waals surface area contributed by atoms with E-state index in [0.29, 0.717) is 0 Å². The lowest BCUT2D eigenvalue weighted by Crippen LogP contribution is -2.17. The zero-order chi connectivity index (χ0) is 11.4. The summed E-state index contributed by atoms with van der Waals surface area (Å²) in [6.07, 6.45) is 6.65. The van der Waals surface area contributed by atoms with Gasteiger partial charge in [-0.15, -0.1) is 0 Å². The number of rotatable bonds is 6. The fourth-order valence-electron chi connectivity index (χ4n) is 2.01. The van der Waals surface area contributed by atoms with Gasteiger partial charge in [-0.25, -0.2) is 0 Å². The number of nitrogens with one attached hydrogen (secondary N) is 1. The Kier molecular flexibility index (Phi) is 4.00. The largest absolute Gasteiger partial charge is 0.314 e. The highest BCUT2D eigenvalue weighted by atomic mass is 14.9. The Balaban J connectivity index is 1.65. The lowest BCUT2D eigenvalue weighted by atomic mass is 10.0. The number of aryl methyl sites for hydroxylation is 3. The van der Waals surface area contributed by atoms with E-state index in [1.807, 2.05) is 0 Å².